The summed E-state index contributed by atoms with van der Waals surface area (Å²) in [5, 5.41) is 15.4. The lowest BCUT2D eigenvalue weighted by molar-refractivity contribution is 0.205. The van der Waals surface area contributed by atoms with Crippen LogP contribution in [-0.4, -0.2) is 24.9 Å². The van der Waals surface area contributed by atoms with Crippen molar-refractivity contribution in [2.45, 2.75) is 31.8 Å². The lowest BCUT2D eigenvalue weighted by Crippen LogP contribution is -2.33. The molecule has 1 aliphatic carbocycles. The van der Waals surface area contributed by atoms with Crippen molar-refractivity contribution in [1.29, 1.82) is 0 Å². The molecule has 2 N–H and O–H groups in total. The third-order valence-corrected chi connectivity index (χ3v) is 4.57. The topological polar surface area (TPSA) is 41.5 Å². The van der Waals surface area contributed by atoms with Crippen LogP contribution in [0.25, 0.3) is 10.8 Å². The molecule has 0 aromatic heterocycles. The SMILES string of the molecule is COc1ccc2cc(CNC3CCCC3CO)ccc2c1. The van der Waals surface area contributed by atoms with Gasteiger partial charge in [-0.1, -0.05) is 24.6 Å². The van der Waals surface area contributed by atoms with E-state index in [2.05, 4.69) is 35.6 Å². The molecule has 0 radical (unpaired) electrons. The van der Waals surface area contributed by atoms with E-state index < -0.39 is 0 Å². The van der Waals surface area contributed by atoms with Crippen LogP contribution >= 0.6 is 0 Å². The number of aliphatic hydroxyl groups is 1. The van der Waals surface area contributed by atoms with Gasteiger partial charge >= 0.3 is 0 Å². The number of nitrogens with one attached hydrogen (secondary N) is 1. The number of rotatable bonds is 5. The van der Waals surface area contributed by atoms with Crippen LogP contribution in [0.3, 0.4) is 0 Å². The molecule has 1 saturated carbocycles. The van der Waals surface area contributed by atoms with Crippen molar-refractivity contribution in [2.24, 2.45) is 5.92 Å². The zero-order valence-electron chi connectivity index (χ0n) is 12.5. The largest absolute Gasteiger partial charge is 0.497 e. The van der Waals surface area contributed by atoms with Gasteiger partial charge in [-0.15, -0.1) is 0 Å². The van der Waals surface area contributed by atoms with Gasteiger partial charge in [0.1, 0.15) is 5.75 Å². The molecule has 3 heteroatoms. The highest BCUT2D eigenvalue weighted by Gasteiger charge is 2.25. The summed E-state index contributed by atoms with van der Waals surface area (Å²) >= 11 is 0. The monoisotopic (exact) mass is 285 g/mol. The molecule has 3 rings (SSSR count). The molecule has 1 aliphatic rings. The number of aliphatic hydroxyl groups excluding tert-OH is 1. The van der Waals surface area contributed by atoms with Crippen LogP contribution in [0, 0.1) is 5.92 Å². The van der Waals surface area contributed by atoms with Crippen molar-refractivity contribution in [3.63, 3.8) is 0 Å². The molecule has 3 nitrogen and oxygen atoms in total. The highest BCUT2D eigenvalue weighted by molar-refractivity contribution is 5.84. The molecule has 1 fully saturated rings. The molecule has 0 amide bonds. The summed E-state index contributed by atoms with van der Waals surface area (Å²) < 4.78 is 5.26. The highest BCUT2D eigenvalue weighted by atomic mass is 16.5. The predicted octanol–water partition coefficient (Wildman–Crippen LogP) is 3.10. The molecule has 0 bridgehead atoms. The molecule has 2 aromatic rings. The minimum Gasteiger partial charge on any atom is -0.497 e. The summed E-state index contributed by atoms with van der Waals surface area (Å²) in [7, 11) is 1.69. The summed E-state index contributed by atoms with van der Waals surface area (Å²) in [6.07, 6.45) is 3.54. The first-order valence-electron chi connectivity index (χ1n) is 7.71. The third-order valence-electron chi connectivity index (χ3n) is 4.57. The Morgan fingerprint density at radius 1 is 1.14 bits per heavy atom. The molecule has 2 aromatic carbocycles. The lowest BCUT2D eigenvalue weighted by Gasteiger charge is -2.19. The summed E-state index contributed by atoms with van der Waals surface area (Å²) in [5.41, 5.74) is 1.29. The van der Waals surface area contributed by atoms with Gasteiger partial charge in [-0.2, -0.15) is 0 Å². The van der Waals surface area contributed by atoms with E-state index in [0.29, 0.717) is 18.6 Å². The lowest BCUT2D eigenvalue weighted by atomic mass is 10.0. The predicted molar refractivity (Wildman–Crippen MR) is 85.6 cm³/mol. The van der Waals surface area contributed by atoms with Crippen LogP contribution < -0.4 is 10.1 Å². The number of ether oxygens (including phenoxy) is 1. The molecule has 2 unspecified atom stereocenters. The maximum atomic E-state index is 9.37. The Morgan fingerprint density at radius 3 is 2.76 bits per heavy atom. The van der Waals surface area contributed by atoms with E-state index in [4.69, 9.17) is 4.74 Å². The van der Waals surface area contributed by atoms with E-state index in [1.807, 2.05) is 6.07 Å². The van der Waals surface area contributed by atoms with Gasteiger partial charge in [-0.25, -0.2) is 0 Å². The zero-order valence-corrected chi connectivity index (χ0v) is 12.5. The van der Waals surface area contributed by atoms with Crippen molar-refractivity contribution < 1.29 is 9.84 Å². The Kier molecular flexibility index (Phi) is 4.42. The van der Waals surface area contributed by atoms with Gasteiger partial charge < -0.3 is 15.2 Å². The van der Waals surface area contributed by atoms with Crippen LogP contribution in [0.2, 0.25) is 0 Å². The normalized spacial score (nSPS) is 21.8. The molecule has 0 spiro atoms. The van der Waals surface area contributed by atoms with E-state index in [0.717, 1.165) is 18.7 Å². The molecular weight excluding hydrogens is 262 g/mol. The molecular formula is C18H23NO2. The fourth-order valence-corrected chi connectivity index (χ4v) is 3.28. The first-order chi connectivity index (χ1) is 10.3. The van der Waals surface area contributed by atoms with Crippen LogP contribution in [0.5, 0.6) is 5.75 Å². The van der Waals surface area contributed by atoms with Gasteiger partial charge in [0.05, 0.1) is 7.11 Å². The number of methoxy groups -OCH3 is 1. The Morgan fingerprint density at radius 2 is 1.95 bits per heavy atom. The van der Waals surface area contributed by atoms with Gasteiger partial charge in [0.2, 0.25) is 0 Å². The minimum absolute atomic E-state index is 0.301. The Hall–Kier alpha value is -1.58. The van der Waals surface area contributed by atoms with Crippen LogP contribution in [0.1, 0.15) is 24.8 Å². The number of hydrogen-bond acceptors (Lipinski definition) is 3. The smallest absolute Gasteiger partial charge is 0.119 e. The van der Waals surface area contributed by atoms with Crippen LogP contribution in [-0.2, 0) is 6.54 Å². The standard InChI is InChI=1S/C18H23NO2/c1-21-17-8-7-14-9-13(5-6-15(14)10-17)11-19-18-4-2-3-16(18)12-20/h5-10,16,18-20H,2-4,11-12H2,1H3. The van der Waals surface area contributed by atoms with Crippen molar-refractivity contribution >= 4 is 10.8 Å². The van der Waals surface area contributed by atoms with E-state index in [9.17, 15) is 5.11 Å². The number of fused-ring (bicyclic) bond motifs is 1. The molecule has 112 valence electrons. The average molecular weight is 285 g/mol. The van der Waals surface area contributed by atoms with E-state index in [1.165, 1.54) is 29.2 Å². The Labute approximate surface area is 125 Å². The minimum atomic E-state index is 0.301. The maximum absolute atomic E-state index is 9.37. The first-order valence-corrected chi connectivity index (χ1v) is 7.71. The summed E-state index contributed by atoms with van der Waals surface area (Å²) in [6, 6.07) is 13.2. The average Bonchev–Trinajstić information content (AvgIpc) is 2.99. The van der Waals surface area contributed by atoms with E-state index >= 15 is 0 Å². The second-order valence-electron chi connectivity index (χ2n) is 5.91. The number of hydrogen-bond donors (Lipinski definition) is 2. The molecule has 0 heterocycles. The van der Waals surface area contributed by atoms with Crippen molar-refractivity contribution in [2.75, 3.05) is 13.7 Å². The van der Waals surface area contributed by atoms with Gasteiger partial charge in [-0.05, 0) is 53.3 Å². The third kappa shape index (κ3) is 3.20. The summed E-state index contributed by atoms with van der Waals surface area (Å²) in [5.74, 6) is 1.32. The number of benzene rings is 2. The Bertz CT molecular complexity index is 611. The first kappa shape index (κ1) is 14.4. The molecule has 2 atom stereocenters. The van der Waals surface area contributed by atoms with Gasteiger partial charge in [0.15, 0.2) is 0 Å². The second-order valence-corrected chi connectivity index (χ2v) is 5.91. The zero-order chi connectivity index (χ0) is 14.7. The van der Waals surface area contributed by atoms with E-state index in [1.54, 1.807) is 7.11 Å². The van der Waals surface area contributed by atoms with Gasteiger partial charge in [0, 0.05) is 19.2 Å². The van der Waals surface area contributed by atoms with Gasteiger partial charge in [-0.3, -0.25) is 0 Å². The quantitative estimate of drug-likeness (QED) is 0.887. The molecule has 0 saturated heterocycles. The van der Waals surface area contributed by atoms with Crippen molar-refractivity contribution in [1.82, 2.24) is 5.32 Å². The molecule has 21 heavy (non-hydrogen) atoms. The summed E-state index contributed by atoms with van der Waals surface area (Å²) in [6.45, 7) is 1.16. The van der Waals surface area contributed by atoms with Gasteiger partial charge in [0.25, 0.3) is 0 Å². The van der Waals surface area contributed by atoms with Crippen LogP contribution in [0.15, 0.2) is 36.4 Å². The highest BCUT2D eigenvalue weighted by Crippen LogP contribution is 2.26. The van der Waals surface area contributed by atoms with Crippen molar-refractivity contribution in [3.8, 4) is 5.75 Å². The van der Waals surface area contributed by atoms with Crippen molar-refractivity contribution in [3.05, 3.63) is 42.0 Å². The fraction of sp³-hybridized carbons (Fsp3) is 0.444. The summed E-state index contributed by atoms with van der Waals surface area (Å²) in [4.78, 5) is 0. The van der Waals surface area contributed by atoms with E-state index in [-0.39, 0.29) is 0 Å². The molecule has 0 aliphatic heterocycles. The Balaban J connectivity index is 1.70. The maximum Gasteiger partial charge on any atom is 0.119 e. The van der Waals surface area contributed by atoms with Crippen LogP contribution in [0.4, 0.5) is 0 Å². The fourth-order valence-electron chi connectivity index (χ4n) is 3.28. The second kappa shape index (κ2) is 6.46.